The molecule has 0 saturated heterocycles. The lowest BCUT2D eigenvalue weighted by atomic mass is 9.77. The first-order valence-electron chi connectivity index (χ1n) is 33.3. The van der Waals surface area contributed by atoms with Gasteiger partial charge in [0, 0.05) is 37.1 Å². The molecule has 0 aliphatic carbocycles. The van der Waals surface area contributed by atoms with E-state index in [9.17, 15) is 19.8 Å². The molecule has 4 heterocycles. The average Bonchev–Trinajstić information content (AvgIpc) is 1.56. The second-order valence-electron chi connectivity index (χ2n) is 24.0. The normalized spacial score (nSPS) is 11.3. The number of tetrazole rings is 2. The molecule has 504 valence electrons. The fraction of sp³-hybridized carbons (Fsp3) is 0.146. The maximum Gasteiger partial charge on any atom is 0.355 e. The number of aromatic amines is 1. The third-order valence-electron chi connectivity index (χ3n) is 17.7. The Labute approximate surface area is 600 Å². The van der Waals surface area contributed by atoms with E-state index in [4.69, 9.17) is 40.0 Å². The molecule has 0 radical (unpaired) electrons. The quantitative estimate of drug-likeness (QED) is 0.0404. The van der Waals surface area contributed by atoms with Gasteiger partial charge in [-0.3, -0.25) is 0 Å². The van der Waals surface area contributed by atoms with Crippen LogP contribution in [0.4, 0.5) is 0 Å². The Balaban J connectivity index is 0.000000160. The van der Waals surface area contributed by atoms with Crippen molar-refractivity contribution < 1.29 is 19.8 Å². The Bertz CT molecular complexity index is 4810. The van der Waals surface area contributed by atoms with Crippen LogP contribution in [-0.4, -0.2) is 82.1 Å². The van der Waals surface area contributed by atoms with E-state index in [2.05, 4.69) is 134 Å². The fourth-order valence-corrected chi connectivity index (χ4v) is 13.7. The van der Waals surface area contributed by atoms with Crippen LogP contribution >= 0.6 is 34.8 Å². The second kappa shape index (κ2) is 32.5. The summed E-state index contributed by atoms with van der Waals surface area (Å²) in [5, 5.41) is 47.6. The first-order chi connectivity index (χ1) is 49.4. The van der Waals surface area contributed by atoms with Crippen molar-refractivity contribution in [3.8, 4) is 45.0 Å². The van der Waals surface area contributed by atoms with Gasteiger partial charge in [-0.05, 0) is 95.2 Å². The maximum absolute atomic E-state index is 12.1. The first kappa shape index (κ1) is 69.5. The number of hydrogen-bond donors (Lipinski definition) is 3. The maximum atomic E-state index is 12.1. The van der Waals surface area contributed by atoms with Gasteiger partial charge in [0.05, 0.1) is 0 Å². The van der Waals surface area contributed by atoms with Crippen molar-refractivity contribution >= 4 is 46.7 Å². The number of hydrogen-bond acceptors (Lipinski definition) is 10. The van der Waals surface area contributed by atoms with E-state index in [1.54, 1.807) is 9.13 Å². The smallest absolute Gasteiger partial charge is 0.355 e. The van der Waals surface area contributed by atoms with E-state index in [0.29, 0.717) is 49.2 Å². The summed E-state index contributed by atoms with van der Waals surface area (Å²) in [4.78, 5) is 31.9. The van der Waals surface area contributed by atoms with E-state index in [1.165, 1.54) is 0 Å². The monoisotopic (exact) mass is 1390 g/mol. The molecule has 0 aliphatic rings. The van der Waals surface area contributed by atoms with Crippen LogP contribution in [-0.2, 0) is 36.3 Å². The molecular weight excluding hydrogens is 1320 g/mol. The molecule has 10 aromatic carbocycles. The number of unbranched alkanes of at least 4 members (excludes halogenated alkanes) is 2. The summed E-state index contributed by atoms with van der Waals surface area (Å²) in [6.07, 6.45) is 5.09. The van der Waals surface area contributed by atoms with Crippen LogP contribution in [0, 0.1) is 0 Å². The minimum absolute atomic E-state index is 0.0118. The molecule has 0 aliphatic heterocycles. The van der Waals surface area contributed by atoms with Gasteiger partial charge >= 0.3 is 11.9 Å². The van der Waals surface area contributed by atoms with Crippen LogP contribution < -0.4 is 0 Å². The van der Waals surface area contributed by atoms with Crippen LogP contribution in [0.1, 0.15) is 117 Å². The van der Waals surface area contributed by atoms with Gasteiger partial charge in [0.15, 0.2) is 27.5 Å². The molecule has 0 amide bonds. The number of H-pyrrole nitrogens is 1. The van der Waals surface area contributed by atoms with Gasteiger partial charge in [0.2, 0.25) is 5.82 Å². The minimum Gasteiger partial charge on any atom is -0.476 e. The minimum atomic E-state index is -1.09. The topological polar surface area (TPSA) is 208 Å². The number of nitrogens with one attached hydrogen (secondary N) is 1. The Kier molecular flexibility index (Phi) is 22.4. The number of carbonyl (C=O) groups is 2. The Morgan fingerprint density at radius 1 is 0.436 bits per heavy atom. The predicted molar refractivity (Wildman–Crippen MR) is 397 cm³/mol. The second-order valence-corrected chi connectivity index (χ2v) is 25.3. The molecule has 101 heavy (non-hydrogen) atoms. The predicted octanol–water partition coefficient (Wildman–Crippen LogP) is 18.5. The van der Waals surface area contributed by atoms with Crippen molar-refractivity contribution in [1.82, 2.24) is 59.9 Å². The van der Waals surface area contributed by atoms with Crippen molar-refractivity contribution in [2.75, 3.05) is 0 Å². The highest BCUT2D eigenvalue weighted by Crippen LogP contribution is 2.45. The molecule has 0 spiro atoms. The van der Waals surface area contributed by atoms with Gasteiger partial charge in [-0.25, -0.2) is 24.2 Å². The van der Waals surface area contributed by atoms with Gasteiger partial charge in [-0.2, -0.15) is 5.21 Å². The number of benzene rings is 10. The van der Waals surface area contributed by atoms with Crippen molar-refractivity contribution in [3.05, 3.63) is 357 Å². The summed E-state index contributed by atoms with van der Waals surface area (Å²) in [6.45, 7) is 4.90. The molecule has 0 saturated carbocycles. The van der Waals surface area contributed by atoms with Crippen LogP contribution in [0.5, 0.6) is 0 Å². The molecule has 0 fully saturated rings. The summed E-state index contributed by atoms with van der Waals surface area (Å²) in [7, 11) is 0. The first-order valence-corrected chi connectivity index (χ1v) is 34.4. The van der Waals surface area contributed by atoms with Crippen LogP contribution in [0.3, 0.4) is 0 Å². The van der Waals surface area contributed by atoms with Gasteiger partial charge < -0.3 is 19.3 Å². The highest BCUT2D eigenvalue weighted by atomic mass is 35.5. The molecule has 0 unspecified atom stereocenters. The SMILES string of the molecule is CCCCc1nc(Cl)c(C(=O)O)n1Cc1ccc(-c2ccccc2-c2nn[nH]n2)cc1.CCCCc1nc(Cl)c(C(=O)O)n1Cc1ccc(-c2ccccc2-c2nnnn2C(c2ccccc2)(c2ccccc2)c2ccccc2)cc1.ClC(c1ccccc1)(c1ccccc1)c1ccccc1. The highest BCUT2D eigenvalue weighted by molar-refractivity contribution is 6.32. The summed E-state index contributed by atoms with van der Waals surface area (Å²) < 4.78 is 5.35. The molecule has 16 nitrogen and oxygen atoms in total. The third kappa shape index (κ3) is 15.1. The van der Waals surface area contributed by atoms with E-state index in [1.807, 2.05) is 205 Å². The van der Waals surface area contributed by atoms with Crippen molar-refractivity contribution in [2.45, 2.75) is 75.9 Å². The van der Waals surface area contributed by atoms with Gasteiger partial charge in [0.25, 0.3) is 0 Å². The fourth-order valence-electron chi connectivity index (χ4n) is 12.8. The zero-order valence-corrected chi connectivity index (χ0v) is 57.7. The van der Waals surface area contributed by atoms with Gasteiger partial charge in [0.1, 0.15) is 22.1 Å². The largest absolute Gasteiger partial charge is 0.476 e. The number of aromatic carboxylic acids is 2. The lowest BCUT2D eigenvalue weighted by molar-refractivity contribution is 0.0674. The molecule has 3 N–H and O–H groups in total. The lowest BCUT2D eigenvalue weighted by Crippen LogP contribution is -2.39. The Morgan fingerprint density at radius 2 is 0.782 bits per heavy atom. The number of halogens is 3. The van der Waals surface area contributed by atoms with Crippen molar-refractivity contribution in [3.63, 3.8) is 0 Å². The molecular formula is C82H71Cl3N12O4. The highest BCUT2D eigenvalue weighted by Gasteiger charge is 2.42. The number of imidazole rings is 2. The van der Waals surface area contributed by atoms with Crippen LogP contribution in [0.15, 0.2) is 279 Å². The van der Waals surface area contributed by atoms with E-state index >= 15 is 0 Å². The van der Waals surface area contributed by atoms with E-state index in [-0.39, 0.29) is 21.7 Å². The molecule has 14 aromatic rings. The Hall–Kier alpha value is -11.4. The van der Waals surface area contributed by atoms with E-state index < -0.39 is 22.4 Å². The molecule has 19 heteroatoms. The van der Waals surface area contributed by atoms with Crippen molar-refractivity contribution in [1.29, 1.82) is 0 Å². The van der Waals surface area contributed by atoms with Crippen LogP contribution in [0.2, 0.25) is 10.3 Å². The van der Waals surface area contributed by atoms with E-state index in [0.717, 1.165) is 104 Å². The summed E-state index contributed by atoms with van der Waals surface area (Å²) in [5.74, 6) is 0.336. The number of carboxylic acid groups (broad SMARTS) is 2. The number of rotatable bonds is 23. The van der Waals surface area contributed by atoms with Gasteiger partial charge in [-0.1, -0.05) is 329 Å². The Morgan fingerprint density at radius 3 is 1.14 bits per heavy atom. The average molecular weight is 1390 g/mol. The van der Waals surface area contributed by atoms with Crippen molar-refractivity contribution in [2.24, 2.45) is 0 Å². The number of nitrogens with zero attached hydrogens (tertiary/aromatic N) is 11. The standard InChI is InChI=1S/C41H35ClN6O2.C22H21ClN6O2.C19H15Cl/c1-2-3-23-36-43-38(42)37(40(49)50)47(36)28-29-24-26-30(27-25-29)34-21-13-14-22-35(34)39-44-45-46-48(39)41(31-15-7-4-8-16-31,32-17-9-5-10-18-32)33-19-11-6-12-20-33;1-2-3-8-18-24-20(23)19(22(30)31)29(18)13-14-9-11-15(12-10-14)16-6-4-5-7-17(16)21-25-27-28-26-21;20-19(16-10-4-1-5-11-16,17-12-6-2-7-13-17)18-14-8-3-9-15-18/h4-22,24-27H,2-3,23,28H2,1H3,(H,49,50);4-7,9-12H,2-3,8,13H2,1H3,(H,30,31)(H,25,26,27,28);1-15H. The number of alkyl halides is 1. The number of aromatic nitrogens is 12. The molecule has 4 aromatic heterocycles. The zero-order valence-electron chi connectivity index (χ0n) is 55.5. The number of carboxylic acids is 2. The number of aryl methyl sites for hydroxylation is 2. The van der Waals surface area contributed by atoms with Gasteiger partial charge in [-0.15, -0.1) is 26.9 Å². The third-order valence-corrected chi connectivity index (χ3v) is 18.9. The summed E-state index contributed by atoms with van der Waals surface area (Å²) in [5.41, 5.74) is 13.0. The summed E-state index contributed by atoms with van der Waals surface area (Å²) in [6, 6.07) is 93.7. The summed E-state index contributed by atoms with van der Waals surface area (Å²) >= 11 is 19.5. The zero-order chi connectivity index (χ0) is 70.1. The van der Waals surface area contributed by atoms with Crippen LogP contribution in [0.25, 0.3) is 45.0 Å². The molecule has 0 bridgehead atoms. The molecule has 0 atom stereocenters. The lowest BCUT2D eigenvalue weighted by Gasteiger charge is -2.36. The molecule has 14 rings (SSSR count).